The third-order valence-corrected chi connectivity index (χ3v) is 5.75. The van der Waals surface area contributed by atoms with E-state index in [0.717, 1.165) is 11.1 Å². The maximum absolute atomic E-state index is 12.9. The molecule has 0 spiro atoms. The first-order valence-corrected chi connectivity index (χ1v) is 12.8. The molecule has 0 bridgehead atoms. The molecule has 2 rings (SSSR count). The summed E-state index contributed by atoms with van der Waals surface area (Å²) in [5.74, 6) is -3.50. The Morgan fingerprint density at radius 2 is 1.48 bits per heavy atom. The fraction of sp³-hybridized carbons (Fsp3) is 0.320. The fourth-order valence-corrected chi connectivity index (χ4v) is 3.61. The number of nitrogens with zero attached hydrogens (tertiary/aromatic N) is 1. The molecule has 0 fully saturated rings. The minimum atomic E-state index is -5.08. The van der Waals surface area contributed by atoms with Gasteiger partial charge in [0.1, 0.15) is 6.04 Å². The highest BCUT2D eigenvalue weighted by Crippen LogP contribution is 2.21. The average molecular weight is 636 g/mol. The number of hydrogen-bond acceptors (Lipinski definition) is 5. The number of amides is 4. The maximum Gasteiger partial charge on any atom is 0.490 e. The second-order valence-corrected chi connectivity index (χ2v) is 9.38. The Morgan fingerprint density at radius 1 is 0.929 bits per heavy atom. The lowest BCUT2D eigenvalue weighted by Crippen LogP contribution is -2.47. The highest BCUT2D eigenvalue weighted by Gasteiger charge is 2.38. The van der Waals surface area contributed by atoms with Crippen LogP contribution in [0.25, 0.3) is 0 Å². The Labute approximate surface area is 248 Å². The molecular weight excluding hydrogens is 606 g/mol. The first-order chi connectivity index (χ1) is 19.6. The van der Waals surface area contributed by atoms with E-state index in [2.05, 4.69) is 20.9 Å². The van der Waals surface area contributed by atoms with Gasteiger partial charge in [0.05, 0.1) is 6.42 Å². The Balaban J connectivity index is 0.00000112. The van der Waals surface area contributed by atoms with Crippen LogP contribution in [0.3, 0.4) is 0 Å². The zero-order valence-corrected chi connectivity index (χ0v) is 23.5. The Kier molecular flexibility index (Phi) is 15.0. The van der Waals surface area contributed by atoms with Crippen LogP contribution in [0.2, 0.25) is 10.0 Å². The zero-order valence-electron chi connectivity index (χ0n) is 22.0. The third kappa shape index (κ3) is 14.9. The van der Waals surface area contributed by atoms with Gasteiger partial charge in [-0.15, -0.1) is 0 Å². The van der Waals surface area contributed by atoms with Crippen molar-refractivity contribution in [2.75, 3.05) is 6.54 Å². The molecule has 0 aliphatic heterocycles. The summed E-state index contributed by atoms with van der Waals surface area (Å²) in [7, 11) is 0. The van der Waals surface area contributed by atoms with Crippen molar-refractivity contribution in [3.63, 3.8) is 0 Å². The van der Waals surface area contributed by atoms with Crippen molar-refractivity contribution in [1.82, 2.24) is 16.0 Å². The largest absolute Gasteiger partial charge is 0.490 e. The number of carbonyl (C=O) groups is 4. The Hall–Kier alpha value is -4.24. The molecule has 42 heavy (non-hydrogen) atoms. The standard InChI is InChI=1S/C23H29Cl2N7O3.C2HF3O2/c24-17-8-7-16(18(25)11-17)10-20(33)32-19(2-1-9-29-22(26)27)21(34)30-12-14-3-5-15(6-4-14)13-31-23(28)35;3-2(4,5)1(6)7/h3-8,11,19H,1-2,9-10,12-13H2,(H,30,34)(H,32,33)(H4,26,27,29)(H3,28,31,35);(H,6,7)/t19-;/m1./s1. The molecule has 0 heterocycles. The van der Waals surface area contributed by atoms with Gasteiger partial charge < -0.3 is 38.3 Å². The normalized spacial score (nSPS) is 11.3. The van der Waals surface area contributed by atoms with E-state index >= 15 is 0 Å². The summed E-state index contributed by atoms with van der Waals surface area (Å²) in [4.78, 5) is 49.1. The first kappa shape index (κ1) is 35.8. The van der Waals surface area contributed by atoms with E-state index in [-0.39, 0.29) is 30.7 Å². The predicted molar refractivity (Wildman–Crippen MR) is 150 cm³/mol. The lowest BCUT2D eigenvalue weighted by atomic mass is 10.1. The molecule has 17 heteroatoms. The number of halogens is 5. The molecule has 2 aromatic rings. The zero-order chi connectivity index (χ0) is 31.9. The molecule has 230 valence electrons. The number of benzene rings is 2. The van der Waals surface area contributed by atoms with Gasteiger partial charge in [0.25, 0.3) is 0 Å². The Morgan fingerprint density at radius 3 is 1.95 bits per heavy atom. The smallest absolute Gasteiger partial charge is 0.475 e. The highest BCUT2D eigenvalue weighted by molar-refractivity contribution is 6.35. The quantitative estimate of drug-likeness (QED) is 0.105. The molecule has 12 nitrogen and oxygen atoms in total. The lowest BCUT2D eigenvalue weighted by molar-refractivity contribution is -0.192. The number of urea groups is 1. The van der Waals surface area contributed by atoms with E-state index < -0.39 is 24.2 Å². The van der Waals surface area contributed by atoms with Crippen LogP contribution in [0.1, 0.15) is 29.5 Å². The van der Waals surface area contributed by atoms with Crippen molar-refractivity contribution < 1.29 is 37.5 Å². The second-order valence-electron chi connectivity index (χ2n) is 8.54. The van der Waals surface area contributed by atoms with Gasteiger partial charge in [-0.3, -0.25) is 14.6 Å². The monoisotopic (exact) mass is 635 g/mol. The Bertz CT molecular complexity index is 1260. The van der Waals surface area contributed by atoms with Gasteiger partial charge in [-0.05, 0) is 41.7 Å². The average Bonchev–Trinajstić information content (AvgIpc) is 2.89. The maximum atomic E-state index is 12.9. The number of carbonyl (C=O) groups excluding carboxylic acids is 3. The van der Waals surface area contributed by atoms with E-state index in [1.807, 2.05) is 24.3 Å². The molecule has 2 aromatic carbocycles. The molecule has 0 aliphatic rings. The first-order valence-electron chi connectivity index (χ1n) is 12.1. The third-order valence-electron chi connectivity index (χ3n) is 5.16. The molecule has 0 saturated heterocycles. The molecule has 0 unspecified atom stereocenters. The van der Waals surface area contributed by atoms with E-state index in [9.17, 15) is 27.6 Å². The molecule has 1 atom stereocenters. The van der Waals surface area contributed by atoms with Crippen LogP contribution >= 0.6 is 23.2 Å². The second kappa shape index (κ2) is 17.5. The minimum Gasteiger partial charge on any atom is -0.475 e. The van der Waals surface area contributed by atoms with Crippen molar-refractivity contribution in [3.05, 3.63) is 69.2 Å². The van der Waals surface area contributed by atoms with Crippen LogP contribution in [0.5, 0.6) is 0 Å². The molecular formula is C25H30Cl2F3N7O5. The summed E-state index contributed by atoms with van der Waals surface area (Å²) in [5, 5.41) is 16.1. The molecule has 0 radical (unpaired) electrons. The van der Waals surface area contributed by atoms with Gasteiger partial charge in [-0.2, -0.15) is 13.2 Å². The van der Waals surface area contributed by atoms with E-state index in [1.54, 1.807) is 18.2 Å². The molecule has 10 N–H and O–H groups in total. The van der Waals surface area contributed by atoms with Crippen molar-refractivity contribution in [1.29, 1.82) is 0 Å². The van der Waals surface area contributed by atoms with E-state index in [1.165, 1.54) is 0 Å². The SMILES string of the molecule is NC(=O)NCc1ccc(CNC(=O)[C@@H](CCCN=C(N)N)NC(=O)Cc2ccc(Cl)cc2Cl)cc1.O=C(O)C(F)(F)F. The number of aliphatic carboxylic acids is 1. The van der Waals surface area contributed by atoms with Gasteiger partial charge in [0.15, 0.2) is 5.96 Å². The number of primary amides is 1. The predicted octanol–water partition coefficient (Wildman–Crippen LogP) is 2.19. The topological polar surface area (TPSA) is 215 Å². The summed E-state index contributed by atoms with van der Waals surface area (Å²) >= 11 is 12.1. The number of rotatable bonds is 12. The van der Waals surface area contributed by atoms with Crippen molar-refractivity contribution in [2.45, 2.75) is 44.6 Å². The summed E-state index contributed by atoms with van der Waals surface area (Å²) in [6, 6.07) is 10.8. The van der Waals surface area contributed by atoms with E-state index in [0.29, 0.717) is 41.5 Å². The van der Waals surface area contributed by atoms with Crippen LogP contribution < -0.4 is 33.2 Å². The van der Waals surface area contributed by atoms with Crippen LogP contribution in [0, 0.1) is 0 Å². The highest BCUT2D eigenvalue weighted by atomic mass is 35.5. The minimum absolute atomic E-state index is 0.00547. The summed E-state index contributed by atoms with van der Waals surface area (Å²) in [6.45, 7) is 0.890. The van der Waals surface area contributed by atoms with Gasteiger partial charge in [-0.25, -0.2) is 9.59 Å². The van der Waals surface area contributed by atoms with E-state index in [4.69, 9.17) is 50.3 Å². The van der Waals surface area contributed by atoms with Crippen LogP contribution in [0.15, 0.2) is 47.5 Å². The number of nitrogens with one attached hydrogen (secondary N) is 3. The number of aliphatic imine (C=N–C) groups is 1. The molecule has 0 aliphatic carbocycles. The number of carboxylic acids is 1. The lowest BCUT2D eigenvalue weighted by Gasteiger charge is -2.19. The molecule has 0 saturated carbocycles. The number of carboxylic acid groups (broad SMARTS) is 1. The van der Waals surface area contributed by atoms with Gasteiger partial charge in [0.2, 0.25) is 11.8 Å². The van der Waals surface area contributed by atoms with Crippen molar-refractivity contribution in [3.8, 4) is 0 Å². The summed E-state index contributed by atoms with van der Waals surface area (Å²) < 4.78 is 31.7. The van der Waals surface area contributed by atoms with Crippen LogP contribution in [0.4, 0.5) is 18.0 Å². The van der Waals surface area contributed by atoms with Crippen molar-refractivity contribution >= 4 is 53.0 Å². The molecule has 4 amide bonds. The fourth-order valence-electron chi connectivity index (χ4n) is 3.13. The van der Waals surface area contributed by atoms with Gasteiger partial charge >= 0.3 is 18.2 Å². The van der Waals surface area contributed by atoms with Gasteiger partial charge in [0, 0.05) is 29.7 Å². The number of hydrogen-bond donors (Lipinski definition) is 7. The van der Waals surface area contributed by atoms with Crippen molar-refractivity contribution in [2.24, 2.45) is 22.2 Å². The number of nitrogens with two attached hydrogens (primary N) is 3. The van der Waals surface area contributed by atoms with Gasteiger partial charge in [-0.1, -0.05) is 53.5 Å². The van der Waals surface area contributed by atoms with Crippen LogP contribution in [-0.2, 0) is 33.9 Å². The summed E-state index contributed by atoms with van der Waals surface area (Å²) in [5.41, 5.74) is 18.1. The van der Waals surface area contributed by atoms with Crippen LogP contribution in [-0.4, -0.2) is 53.6 Å². The molecule has 0 aromatic heterocycles. The summed E-state index contributed by atoms with van der Waals surface area (Å²) in [6.07, 6.45) is -4.27. The number of guanidine groups is 1. The number of alkyl halides is 3.